The lowest BCUT2D eigenvalue weighted by Gasteiger charge is -2.09. The molecule has 1 unspecified atom stereocenters. The highest BCUT2D eigenvalue weighted by atomic mass is 16.5. The Hall–Kier alpha value is -0.980. The molecule has 0 radical (unpaired) electrons. The summed E-state index contributed by atoms with van der Waals surface area (Å²) in [7, 11) is 1.56. The van der Waals surface area contributed by atoms with Gasteiger partial charge in [0.15, 0.2) is 5.82 Å². The van der Waals surface area contributed by atoms with E-state index in [9.17, 15) is 5.11 Å². The Morgan fingerprint density at radius 1 is 1.60 bits per heavy atom. The van der Waals surface area contributed by atoms with E-state index in [0.29, 0.717) is 37.8 Å². The smallest absolute Gasteiger partial charge is 0.223 e. The summed E-state index contributed by atoms with van der Waals surface area (Å²) in [5.74, 6) is 1.26. The van der Waals surface area contributed by atoms with Gasteiger partial charge >= 0.3 is 0 Å². The number of hydrogen-bond acceptors (Lipinski definition) is 6. The first kappa shape index (κ1) is 12.1. The van der Waals surface area contributed by atoms with Gasteiger partial charge in [0.2, 0.25) is 5.89 Å². The molecule has 15 heavy (non-hydrogen) atoms. The maximum atomic E-state index is 9.31. The number of methoxy groups -OCH3 is 1. The summed E-state index contributed by atoms with van der Waals surface area (Å²) in [4.78, 5) is 4.06. The van der Waals surface area contributed by atoms with Gasteiger partial charge < -0.3 is 19.7 Å². The van der Waals surface area contributed by atoms with E-state index < -0.39 is 6.10 Å². The van der Waals surface area contributed by atoms with Gasteiger partial charge in [-0.3, -0.25) is 0 Å². The zero-order valence-electron chi connectivity index (χ0n) is 9.06. The Labute approximate surface area is 88.6 Å². The lowest BCUT2D eigenvalue weighted by molar-refractivity contribution is 0.0647. The summed E-state index contributed by atoms with van der Waals surface area (Å²) in [6, 6.07) is 0. The van der Waals surface area contributed by atoms with Gasteiger partial charge in [0.1, 0.15) is 0 Å². The third-order valence-corrected chi connectivity index (χ3v) is 1.83. The number of aromatic nitrogens is 2. The monoisotopic (exact) mass is 215 g/mol. The van der Waals surface area contributed by atoms with Crippen LogP contribution in [-0.2, 0) is 11.2 Å². The van der Waals surface area contributed by atoms with Gasteiger partial charge in [0, 0.05) is 33.5 Å². The fourth-order valence-electron chi connectivity index (χ4n) is 1.16. The second-order valence-corrected chi connectivity index (χ2v) is 3.29. The van der Waals surface area contributed by atoms with Crippen LogP contribution < -0.4 is 5.32 Å². The van der Waals surface area contributed by atoms with Crippen molar-refractivity contribution in [2.75, 3.05) is 26.8 Å². The first-order valence-corrected chi connectivity index (χ1v) is 4.89. The first-order valence-electron chi connectivity index (χ1n) is 4.89. The van der Waals surface area contributed by atoms with Crippen molar-refractivity contribution in [2.45, 2.75) is 19.4 Å². The van der Waals surface area contributed by atoms with E-state index in [1.807, 2.05) is 0 Å². The molecule has 1 aromatic rings. The van der Waals surface area contributed by atoms with E-state index in [2.05, 4.69) is 15.5 Å². The predicted octanol–water partition coefficient (Wildman–Crippen LogP) is -0.483. The van der Waals surface area contributed by atoms with Crippen LogP contribution in [0.2, 0.25) is 0 Å². The van der Waals surface area contributed by atoms with Crippen LogP contribution >= 0.6 is 0 Å². The van der Waals surface area contributed by atoms with Crippen LogP contribution in [0.1, 0.15) is 11.7 Å². The number of nitrogens with one attached hydrogen (secondary N) is 1. The molecule has 1 aromatic heterocycles. The van der Waals surface area contributed by atoms with Crippen molar-refractivity contribution in [3.8, 4) is 0 Å². The van der Waals surface area contributed by atoms with Gasteiger partial charge in [-0.05, 0) is 0 Å². The third kappa shape index (κ3) is 4.87. The zero-order valence-corrected chi connectivity index (χ0v) is 9.06. The average molecular weight is 215 g/mol. The minimum atomic E-state index is -0.470. The number of hydrogen-bond donors (Lipinski definition) is 2. The van der Waals surface area contributed by atoms with E-state index >= 15 is 0 Å². The lowest BCUT2D eigenvalue weighted by Crippen LogP contribution is -2.31. The SMILES string of the molecule is COCC(O)CNCCc1noc(C)n1. The van der Waals surface area contributed by atoms with Crippen LogP contribution in [0.25, 0.3) is 0 Å². The number of aryl methyl sites for hydroxylation is 1. The van der Waals surface area contributed by atoms with E-state index in [1.165, 1.54) is 0 Å². The van der Waals surface area contributed by atoms with Gasteiger partial charge in [-0.15, -0.1) is 0 Å². The number of rotatable bonds is 7. The molecule has 1 rings (SSSR count). The Morgan fingerprint density at radius 3 is 3.00 bits per heavy atom. The fraction of sp³-hybridized carbons (Fsp3) is 0.778. The summed E-state index contributed by atoms with van der Waals surface area (Å²) in [5.41, 5.74) is 0. The van der Waals surface area contributed by atoms with Crippen molar-refractivity contribution in [2.24, 2.45) is 0 Å². The number of aliphatic hydroxyl groups excluding tert-OH is 1. The van der Waals surface area contributed by atoms with Crippen molar-refractivity contribution in [3.63, 3.8) is 0 Å². The molecule has 2 N–H and O–H groups in total. The molecule has 0 aliphatic heterocycles. The molecule has 0 aliphatic rings. The molecule has 0 spiro atoms. The summed E-state index contributed by atoms with van der Waals surface area (Å²) < 4.78 is 9.62. The molecule has 1 heterocycles. The number of aliphatic hydroxyl groups is 1. The highest BCUT2D eigenvalue weighted by Gasteiger charge is 2.04. The summed E-state index contributed by atoms with van der Waals surface area (Å²) in [6.07, 6.45) is 0.221. The second kappa shape index (κ2) is 6.49. The van der Waals surface area contributed by atoms with Crippen LogP contribution in [0.3, 0.4) is 0 Å². The first-order chi connectivity index (χ1) is 7.22. The van der Waals surface area contributed by atoms with Gasteiger partial charge in [0.25, 0.3) is 0 Å². The van der Waals surface area contributed by atoms with Crippen LogP contribution in [0.4, 0.5) is 0 Å². The summed E-state index contributed by atoms with van der Waals surface area (Å²) in [5, 5.41) is 16.1. The molecular formula is C9H17N3O3. The van der Waals surface area contributed by atoms with Crippen LogP contribution in [-0.4, -0.2) is 48.2 Å². The average Bonchev–Trinajstić information content (AvgIpc) is 2.60. The highest BCUT2D eigenvalue weighted by molar-refractivity contribution is 4.84. The third-order valence-electron chi connectivity index (χ3n) is 1.83. The Balaban J connectivity index is 2.06. The molecule has 86 valence electrons. The van der Waals surface area contributed by atoms with Crippen LogP contribution in [0, 0.1) is 6.92 Å². The number of ether oxygens (including phenoxy) is 1. The van der Waals surface area contributed by atoms with E-state index in [4.69, 9.17) is 9.26 Å². The highest BCUT2D eigenvalue weighted by Crippen LogP contribution is 1.94. The predicted molar refractivity (Wildman–Crippen MR) is 53.5 cm³/mol. The Morgan fingerprint density at radius 2 is 2.40 bits per heavy atom. The topological polar surface area (TPSA) is 80.4 Å². The van der Waals surface area contributed by atoms with E-state index in [1.54, 1.807) is 14.0 Å². The molecule has 6 nitrogen and oxygen atoms in total. The molecule has 0 fully saturated rings. The zero-order chi connectivity index (χ0) is 11.1. The summed E-state index contributed by atoms with van der Waals surface area (Å²) in [6.45, 7) is 3.31. The Kier molecular flexibility index (Phi) is 5.23. The Bertz CT molecular complexity index is 277. The van der Waals surface area contributed by atoms with Crippen molar-refractivity contribution >= 4 is 0 Å². The summed E-state index contributed by atoms with van der Waals surface area (Å²) >= 11 is 0. The molecule has 0 saturated heterocycles. The maximum Gasteiger partial charge on any atom is 0.223 e. The molecule has 0 amide bonds. The van der Waals surface area contributed by atoms with Crippen LogP contribution in [0.5, 0.6) is 0 Å². The second-order valence-electron chi connectivity index (χ2n) is 3.29. The normalized spacial score (nSPS) is 13.0. The molecule has 0 bridgehead atoms. The largest absolute Gasteiger partial charge is 0.389 e. The van der Waals surface area contributed by atoms with Gasteiger partial charge in [-0.25, -0.2) is 0 Å². The van der Waals surface area contributed by atoms with Gasteiger partial charge in [-0.2, -0.15) is 4.98 Å². The minimum absolute atomic E-state index is 0.342. The number of nitrogens with zero attached hydrogens (tertiary/aromatic N) is 2. The molecular weight excluding hydrogens is 198 g/mol. The van der Waals surface area contributed by atoms with Crippen molar-refractivity contribution in [1.29, 1.82) is 0 Å². The van der Waals surface area contributed by atoms with Crippen molar-refractivity contribution in [3.05, 3.63) is 11.7 Å². The van der Waals surface area contributed by atoms with Gasteiger partial charge in [0.05, 0.1) is 12.7 Å². The molecule has 0 aliphatic carbocycles. The standard InChI is InChI=1S/C9H17N3O3/c1-7-11-9(12-15-7)3-4-10-5-8(13)6-14-2/h8,10,13H,3-6H2,1-2H3. The fourth-order valence-corrected chi connectivity index (χ4v) is 1.16. The van der Waals surface area contributed by atoms with Crippen LogP contribution in [0.15, 0.2) is 4.52 Å². The molecule has 1 atom stereocenters. The lowest BCUT2D eigenvalue weighted by atomic mass is 10.3. The molecule has 0 saturated carbocycles. The maximum absolute atomic E-state index is 9.31. The minimum Gasteiger partial charge on any atom is -0.389 e. The van der Waals surface area contributed by atoms with Crippen molar-refractivity contribution in [1.82, 2.24) is 15.5 Å². The molecule has 0 aromatic carbocycles. The van der Waals surface area contributed by atoms with Gasteiger partial charge in [-0.1, -0.05) is 5.16 Å². The van der Waals surface area contributed by atoms with E-state index in [0.717, 1.165) is 0 Å². The van der Waals surface area contributed by atoms with E-state index in [-0.39, 0.29) is 0 Å². The quantitative estimate of drug-likeness (QED) is 0.598. The van der Waals surface area contributed by atoms with Crippen molar-refractivity contribution < 1.29 is 14.4 Å². The molecule has 6 heteroatoms.